The summed E-state index contributed by atoms with van der Waals surface area (Å²) in [5, 5.41) is 8.23. The molecular formula is C27H44ClN7O5. The maximum Gasteiger partial charge on any atom is 0.408 e. The Morgan fingerprint density at radius 1 is 1.10 bits per heavy atom. The number of hydrogen-bond acceptors (Lipinski definition) is 6. The summed E-state index contributed by atoms with van der Waals surface area (Å²) in [5.41, 5.74) is 11.6. The van der Waals surface area contributed by atoms with Crippen molar-refractivity contribution >= 4 is 42.2 Å². The number of nitrogens with one attached hydrogen (secondary N) is 3. The number of nitrogens with two attached hydrogens (primary N) is 2. The summed E-state index contributed by atoms with van der Waals surface area (Å²) in [4.78, 5) is 57.5. The minimum absolute atomic E-state index is 0. The van der Waals surface area contributed by atoms with Crippen molar-refractivity contribution in [2.24, 2.45) is 22.4 Å². The quantitative estimate of drug-likeness (QED) is 0.125. The highest BCUT2D eigenvalue weighted by molar-refractivity contribution is 5.94. The summed E-state index contributed by atoms with van der Waals surface area (Å²) in [6.45, 7) is 6.89. The Morgan fingerprint density at radius 3 is 2.42 bits per heavy atom. The van der Waals surface area contributed by atoms with Crippen LogP contribution >= 0.6 is 12.4 Å². The topological polar surface area (TPSA) is 181 Å². The highest BCUT2D eigenvalue weighted by Crippen LogP contribution is 2.20. The number of carbonyl (C=O) groups excluding carboxylic acids is 4. The molecule has 3 atom stereocenters. The Kier molecular flexibility index (Phi) is 15.5. The molecule has 1 aromatic carbocycles. The second kappa shape index (κ2) is 17.9. The van der Waals surface area contributed by atoms with E-state index in [9.17, 15) is 19.2 Å². The van der Waals surface area contributed by atoms with Crippen molar-refractivity contribution in [2.75, 3.05) is 19.6 Å². The Labute approximate surface area is 242 Å². The molecule has 1 saturated heterocycles. The van der Waals surface area contributed by atoms with Crippen molar-refractivity contribution in [2.45, 2.75) is 77.6 Å². The zero-order valence-corrected chi connectivity index (χ0v) is 24.4. The minimum Gasteiger partial charge on any atom is -0.445 e. The van der Waals surface area contributed by atoms with E-state index >= 15 is 0 Å². The molecular weight excluding hydrogens is 538 g/mol. The fraction of sp³-hybridized carbons (Fsp3) is 0.593. The average molecular weight is 582 g/mol. The minimum atomic E-state index is -0.918. The van der Waals surface area contributed by atoms with Crippen LogP contribution in [0.3, 0.4) is 0 Å². The van der Waals surface area contributed by atoms with Crippen LogP contribution in [0.15, 0.2) is 35.3 Å². The molecule has 224 valence electrons. The summed E-state index contributed by atoms with van der Waals surface area (Å²) < 4.78 is 5.30. The fourth-order valence-electron chi connectivity index (χ4n) is 4.44. The Morgan fingerprint density at radius 2 is 1.80 bits per heavy atom. The summed E-state index contributed by atoms with van der Waals surface area (Å²) in [6, 6.07) is 6.78. The largest absolute Gasteiger partial charge is 0.445 e. The zero-order chi connectivity index (χ0) is 28.8. The van der Waals surface area contributed by atoms with Gasteiger partial charge in [-0.05, 0) is 50.5 Å². The summed E-state index contributed by atoms with van der Waals surface area (Å²) in [5.74, 6) is -1.06. The number of benzene rings is 1. The van der Waals surface area contributed by atoms with Gasteiger partial charge in [-0.1, -0.05) is 44.2 Å². The number of amides is 4. The molecule has 0 radical (unpaired) electrons. The molecule has 40 heavy (non-hydrogen) atoms. The smallest absolute Gasteiger partial charge is 0.408 e. The molecule has 1 aromatic rings. The Hall–Kier alpha value is -3.54. The van der Waals surface area contributed by atoms with Crippen molar-refractivity contribution in [3.05, 3.63) is 35.9 Å². The van der Waals surface area contributed by atoms with Crippen molar-refractivity contribution < 1.29 is 23.9 Å². The van der Waals surface area contributed by atoms with Crippen LogP contribution in [0.4, 0.5) is 4.79 Å². The first-order valence-corrected chi connectivity index (χ1v) is 13.5. The zero-order valence-electron chi connectivity index (χ0n) is 23.6. The van der Waals surface area contributed by atoms with Gasteiger partial charge in [0.15, 0.2) is 5.96 Å². The van der Waals surface area contributed by atoms with E-state index in [1.807, 2.05) is 51.1 Å². The van der Waals surface area contributed by atoms with Gasteiger partial charge in [-0.3, -0.25) is 19.4 Å². The van der Waals surface area contributed by atoms with Crippen LogP contribution in [0.5, 0.6) is 0 Å². The number of halogens is 1. The SMILES string of the molecule is CCNC(=O)[C@@H]1CCCN1C(=O)[C@H](CCCN=C(N)N)NC(=O)[C@H](CC(C)C)NC(=O)OCc1ccccc1.Cl. The molecule has 7 N–H and O–H groups in total. The summed E-state index contributed by atoms with van der Waals surface area (Å²) >= 11 is 0. The van der Waals surface area contributed by atoms with E-state index < -0.39 is 30.1 Å². The predicted molar refractivity (Wildman–Crippen MR) is 156 cm³/mol. The Bertz CT molecular complexity index is 989. The van der Waals surface area contributed by atoms with Crippen LogP contribution in [0, 0.1) is 5.92 Å². The lowest BCUT2D eigenvalue weighted by Gasteiger charge is -2.30. The van der Waals surface area contributed by atoms with E-state index in [1.165, 1.54) is 4.90 Å². The van der Waals surface area contributed by atoms with Crippen molar-refractivity contribution in [1.29, 1.82) is 0 Å². The summed E-state index contributed by atoms with van der Waals surface area (Å²) in [6.07, 6.45) is 1.53. The van der Waals surface area contributed by atoms with Gasteiger partial charge in [-0.15, -0.1) is 12.4 Å². The number of hydrogen-bond donors (Lipinski definition) is 5. The highest BCUT2D eigenvalue weighted by Gasteiger charge is 2.38. The van der Waals surface area contributed by atoms with E-state index in [1.54, 1.807) is 0 Å². The van der Waals surface area contributed by atoms with Gasteiger partial charge < -0.3 is 37.1 Å². The van der Waals surface area contributed by atoms with Gasteiger partial charge in [0, 0.05) is 19.6 Å². The van der Waals surface area contributed by atoms with Gasteiger partial charge in [0.05, 0.1) is 0 Å². The van der Waals surface area contributed by atoms with E-state index in [0.29, 0.717) is 38.8 Å². The third kappa shape index (κ3) is 11.7. The third-order valence-corrected chi connectivity index (χ3v) is 6.28. The molecule has 0 spiro atoms. The second-order valence-corrected chi connectivity index (χ2v) is 9.98. The third-order valence-electron chi connectivity index (χ3n) is 6.28. The van der Waals surface area contributed by atoms with Crippen molar-refractivity contribution in [3.8, 4) is 0 Å². The van der Waals surface area contributed by atoms with Crippen LogP contribution < -0.4 is 27.4 Å². The first-order chi connectivity index (χ1) is 18.6. The molecule has 1 heterocycles. The standard InChI is InChI=1S/C27H43N7O5.ClH/c1-4-30-24(36)22-13-9-15-34(22)25(37)20(12-8-14-31-26(28)29)32-23(35)21(16-18(2)3)33-27(38)39-17-19-10-6-5-7-11-19;/h5-7,10-11,18,20-22H,4,8-9,12-17H2,1-3H3,(H,30,36)(H,32,35)(H,33,38)(H4,28,29,31);1H/t20-,21-,22-;/m0./s1. The van der Waals surface area contributed by atoms with Crippen LogP contribution in [0.25, 0.3) is 0 Å². The molecule has 1 aliphatic rings. The lowest BCUT2D eigenvalue weighted by Crippen LogP contribution is -2.56. The van der Waals surface area contributed by atoms with Crippen molar-refractivity contribution in [1.82, 2.24) is 20.9 Å². The van der Waals surface area contributed by atoms with E-state index in [2.05, 4.69) is 20.9 Å². The number of likely N-dealkylation sites (N-methyl/N-ethyl adjacent to an activating group) is 1. The number of carbonyl (C=O) groups is 4. The fourth-order valence-corrected chi connectivity index (χ4v) is 4.44. The van der Waals surface area contributed by atoms with E-state index in [4.69, 9.17) is 16.2 Å². The number of guanidine groups is 1. The number of likely N-dealkylation sites (tertiary alicyclic amines) is 1. The number of alkyl carbamates (subject to hydrolysis) is 1. The molecule has 4 amide bonds. The van der Waals surface area contributed by atoms with Crippen molar-refractivity contribution in [3.63, 3.8) is 0 Å². The molecule has 1 aliphatic heterocycles. The van der Waals surface area contributed by atoms with Gasteiger partial charge >= 0.3 is 6.09 Å². The van der Waals surface area contributed by atoms with Crippen LogP contribution in [-0.2, 0) is 25.7 Å². The molecule has 13 heteroatoms. The van der Waals surface area contributed by atoms with E-state index in [-0.39, 0.29) is 55.7 Å². The number of ether oxygens (including phenoxy) is 1. The lowest BCUT2D eigenvalue weighted by molar-refractivity contribution is -0.141. The van der Waals surface area contributed by atoms with Gasteiger partial charge in [-0.2, -0.15) is 0 Å². The maximum absolute atomic E-state index is 13.6. The van der Waals surface area contributed by atoms with Gasteiger partial charge in [0.2, 0.25) is 17.7 Å². The number of rotatable bonds is 14. The number of aliphatic imine (C=N–C) groups is 1. The lowest BCUT2D eigenvalue weighted by atomic mass is 10.0. The molecule has 0 aliphatic carbocycles. The molecule has 12 nitrogen and oxygen atoms in total. The van der Waals surface area contributed by atoms with E-state index in [0.717, 1.165) is 5.56 Å². The summed E-state index contributed by atoms with van der Waals surface area (Å²) in [7, 11) is 0. The van der Waals surface area contributed by atoms with Gasteiger partial charge in [0.25, 0.3) is 0 Å². The van der Waals surface area contributed by atoms with Crippen LogP contribution in [0.2, 0.25) is 0 Å². The molecule has 2 rings (SSSR count). The van der Waals surface area contributed by atoms with Gasteiger partial charge in [-0.25, -0.2) is 4.79 Å². The second-order valence-electron chi connectivity index (χ2n) is 9.98. The molecule has 1 fully saturated rings. The Balaban J connectivity index is 0.00000800. The molecule has 0 saturated carbocycles. The first kappa shape index (κ1) is 34.5. The first-order valence-electron chi connectivity index (χ1n) is 13.5. The molecule has 0 aromatic heterocycles. The average Bonchev–Trinajstić information content (AvgIpc) is 3.39. The normalized spacial score (nSPS) is 15.8. The maximum atomic E-state index is 13.6. The van der Waals surface area contributed by atoms with Gasteiger partial charge in [0.1, 0.15) is 24.7 Å². The van der Waals surface area contributed by atoms with Crippen LogP contribution in [-0.4, -0.2) is 72.4 Å². The molecule has 0 bridgehead atoms. The molecule has 0 unspecified atom stereocenters. The van der Waals surface area contributed by atoms with Crippen LogP contribution in [0.1, 0.15) is 58.4 Å². The number of nitrogens with zero attached hydrogens (tertiary/aromatic N) is 2. The monoisotopic (exact) mass is 581 g/mol. The predicted octanol–water partition coefficient (Wildman–Crippen LogP) is 1.41. The highest BCUT2D eigenvalue weighted by atomic mass is 35.5.